The molecular formula is C39H44N8O2S. The van der Waals surface area contributed by atoms with Crippen LogP contribution in [0.1, 0.15) is 85.6 Å². The van der Waals surface area contributed by atoms with Crippen LogP contribution < -0.4 is 10.2 Å². The maximum absolute atomic E-state index is 13.6. The van der Waals surface area contributed by atoms with Crippen molar-refractivity contribution in [1.29, 1.82) is 0 Å². The van der Waals surface area contributed by atoms with Gasteiger partial charge in [0.2, 0.25) is 0 Å². The van der Waals surface area contributed by atoms with Gasteiger partial charge in [-0.2, -0.15) is 5.10 Å². The molecule has 0 amide bonds. The third-order valence-corrected chi connectivity index (χ3v) is 12.8. The van der Waals surface area contributed by atoms with Crippen molar-refractivity contribution in [3.8, 4) is 11.1 Å². The maximum Gasteiger partial charge on any atom is 0.357 e. The molecule has 5 aromatic rings. The Morgan fingerprint density at radius 3 is 2.52 bits per heavy atom. The maximum atomic E-state index is 13.6. The van der Waals surface area contributed by atoms with Gasteiger partial charge in [0.15, 0.2) is 22.5 Å². The van der Waals surface area contributed by atoms with Crippen molar-refractivity contribution in [3.05, 3.63) is 65.1 Å². The Kier molecular flexibility index (Phi) is 7.86. The second-order valence-corrected chi connectivity index (χ2v) is 16.2. The molecule has 50 heavy (non-hydrogen) atoms. The predicted molar refractivity (Wildman–Crippen MR) is 196 cm³/mol. The number of thiazole rings is 1. The van der Waals surface area contributed by atoms with Crippen molar-refractivity contribution < 1.29 is 9.53 Å². The Morgan fingerprint density at radius 1 is 0.980 bits per heavy atom. The van der Waals surface area contributed by atoms with Gasteiger partial charge in [-0.15, -0.1) is 10.2 Å². The van der Waals surface area contributed by atoms with Crippen LogP contribution in [0.5, 0.6) is 0 Å². The molecule has 10 rings (SSSR count). The number of ether oxygens (including phenoxy) is 1. The molecule has 5 heterocycles. The topological polar surface area (TPSA) is 111 Å². The van der Waals surface area contributed by atoms with Crippen molar-refractivity contribution in [2.45, 2.75) is 85.1 Å². The van der Waals surface area contributed by atoms with E-state index in [1.807, 2.05) is 43.5 Å². The van der Waals surface area contributed by atoms with Crippen LogP contribution in [0.25, 0.3) is 21.3 Å². The molecule has 1 aromatic carbocycles. The largest absolute Gasteiger partial charge is 0.461 e. The molecule has 1 aliphatic heterocycles. The van der Waals surface area contributed by atoms with E-state index in [0.29, 0.717) is 22.7 Å². The average Bonchev–Trinajstić information content (AvgIpc) is 3.59. The van der Waals surface area contributed by atoms with Crippen LogP contribution in [0.2, 0.25) is 0 Å². The molecule has 0 unspecified atom stereocenters. The molecule has 258 valence electrons. The minimum Gasteiger partial charge on any atom is -0.461 e. The smallest absolute Gasteiger partial charge is 0.357 e. The second-order valence-electron chi connectivity index (χ2n) is 15.2. The molecule has 1 N–H and O–H groups in total. The first-order valence-electron chi connectivity index (χ1n) is 18.3. The van der Waals surface area contributed by atoms with Gasteiger partial charge in [0.05, 0.1) is 23.0 Å². The van der Waals surface area contributed by atoms with Gasteiger partial charge in [-0.1, -0.05) is 23.5 Å². The number of rotatable bonds is 8. The predicted octanol–water partition coefficient (Wildman–Crippen LogP) is 8.57. The van der Waals surface area contributed by atoms with E-state index in [2.05, 4.69) is 39.9 Å². The molecule has 4 aromatic heterocycles. The van der Waals surface area contributed by atoms with E-state index in [0.717, 1.165) is 99.2 Å². The minimum absolute atomic E-state index is 0.274. The van der Waals surface area contributed by atoms with Crippen molar-refractivity contribution >= 4 is 50.1 Å². The molecule has 0 radical (unpaired) electrons. The first-order valence-corrected chi connectivity index (χ1v) is 19.2. The van der Waals surface area contributed by atoms with Gasteiger partial charge in [-0.05, 0) is 126 Å². The number of carbonyl (C=O) groups excluding carboxylic acids is 1. The number of aromatic nitrogens is 6. The van der Waals surface area contributed by atoms with E-state index in [9.17, 15) is 4.79 Å². The lowest BCUT2D eigenvalue weighted by molar-refractivity contribution is -0.0638. The fourth-order valence-corrected chi connectivity index (χ4v) is 10.8. The first-order chi connectivity index (χ1) is 24.4. The first kappa shape index (κ1) is 31.6. The summed E-state index contributed by atoms with van der Waals surface area (Å²) in [6.07, 6.45) is 13.1. The summed E-state index contributed by atoms with van der Waals surface area (Å²) in [5.74, 6) is 4.41. The van der Waals surface area contributed by atoms with Gasteiger partial charge in [-0.25, -0.2) is 14.8 Å². The zero-order valence-corrected chi connectivity index (χ0v) is 29.9. The van der Waals surface area contributed by atoms with Gasteiger partial charge < -0.3 is 15.0 Å². The monoisotopic (exact) mass is 688 g/mol. The number of esters is 1. The summed E-state index contributed by atoms with van der Waals surface area (Å²) in [5.41, 5.74) is 6.59. The lowest BCUT2D eigenvalue weighted by atomic mass is 9.49. The fraction of sp³-hybridized carbons (Fsp3) is 0.487. The molecule has 0 saturated heterocycles. The van der Waals surface area contributed by atoms with E-state index in [1.54, 1.807) is 11.3 Å². The number of nitrogens with one attached hydrogen (secondary N) is 1. The molecule has 4 aliphatic carbocycles. The van der Waals surface area contributed by atoms with Crippen LogP contribution in [-0.4, -0.2) is 49.1 Å². The summed E-state index contributed by atoms with van der Waals surface area (Å²) >= 11 is 1.60. The number of carbonyl (C=O) groups is 1. The second kappa shape index (κ2) is 12.4. The Hall–Kier alpha value is -4.38. The Labute approximate surface area is 296 Å². The number of hydrogen-bond acceptors (Lipinski definition) is 10. The van der Waals surface area contributed by atoms with Crippen molar-refractivity contribution in [2.75, 3.05) is 23.4 Å². The molecule has 4 saturated carbocycles. The zero-order chi connectivity index (χ0) is 34.0. The van der Waals surface area contributed by atoms with Crippen molar-refractivity contribution in [2.24, 2.45) is 23.2 Å². The Morgan fingerprint density at radius 2 is 1.76 bits per heavy atom. The number of fused-ring (bicyclic) bond motifs is 2. The van der Waals surface area contributed by atoms with E-state index in [-0.39, 0.29) is 6.61 Å². The number of pyridine rings is 1. The van der Waals surface area contributed by atoms with E-state index in [1.165, 1.54) is 38.5 Å². The molecule has 10 nitrogen and oxygen atoms in total. The van der Waals surface area contributed by atoms with Crippen LogP contribution in [0.3, 0.4) is 0 Å². The summed E-state index contributed by atoms with van der Waals surface area (Å²) in [5, 5.41) is 18.6. The third kappa shape index (κ3) is 5.54. The van der Waals surface area contributed by atoms with Gasteiger partial charge in [0, 0.05) is 41.0 Å². The average molecular weight is 689 g/mol. The number of nitrogens with zero attached hydrogens (tertiary/aromatic N) is 7. The van der Waals surface area contributed by atoms with Gasteiger partial charge in [0.25, 0.3) is 0 Å². The number of hydrogen-bond donors (Lipinski definition) is 1. The fourth-order valence-electron chi connectivity index (χ4n) is 9.95. The molecule has 4 fully saturated rings. The van der Waals surface area contributed by atoms with E-state index < -0.39 is 5.97 Å². The molecular weight excluding hydrogens is 645 g/mol. The highest BCUT2D eigenvalue weighted by Crippen LogP contribution is 2.60. The van der Waals surface area contributed by atoms with Crippen molar-refractivity contribution in [1.82, 2.24) is 29.9 Å². The molecule has 4 bridgehead atoms. The minimum atomic E-state index is -0.426. The number of anilines is 4. The Bertz CT molecular complexity index is 2030. The quantitative estimate of drug-likeness (QED) is 0.160. The summed E-state index contributed by atoms with van der Waals surface area (Å²) in [4.78, 5) is 25.5. The van der Waals surface area contributed by atoms with Gasteiger partial charge in [0.1, 0.15) is 5.82 Å². The lowest BCUT2D eigenvalue weighted by Crippen LogP contribution is -2.48. The molecule has 5 aliphatic rings. The Balaban J connectivity index is 1.03. The van der Waals surface area contributed by atoms with Crippen LogP contribution in [-0.2, 0) is 17.7 Å². The molecule has 0 atom stereocenters. The molecule has 11 heteroatoms. The lowest BCUT2D eigenvalue weighted by Gasteiger charge is -2.56. The normalized spacial score (nSPS) is 24.0. The van der Waals surface area contributed by atoms with E-state index in [4.69, 9.17) is 24.9 Å². The van der Waals surface area contributed by atoms with Crippen LogP contribution in [0.15, 0.2) is 42.6 Å². The van der Waals surface area contributed by atoms with Gasteiger partial charge in [-0.3, -0.25) is 4.68 Å². The van der Waals surface area contributed by atoms with Crippen LogP contribution in [0.4, 0.5) is 22.6 Å². The van der Waals surface area contributed by atoms with E-state index >= 15 is 0 Å². The number of benzene rings is 1. The van der Waals surface area contributed by atoms with Crippen molar-refractivity contribution in [3.63, 3.8) is 0 Å². The highest BCUT2D eigenvalue weighted by atomic mass is 32.1. The summed E-state index contributed by atoms with van der Waals surface area (Å²) in [6, 6.07) is 12.1. The summed E-state index contributed by atoms with van der Waals surface area (Å²) in [7, 11) is 0. The SMILES string of the molecule is CCOC(=O)c1nc(N2CCCCc3c2nnc(Nc2nc4ccccc4s2)c3C)ccc1-c1cnn(CC23CC4CC(CC(C4)C2)C3)c1C. The molecule has 0 spiro atoms. The number of para-hydroxylation sites is 1. The zero-order valence-electron chi connectivity index (χ0n) is 29.1. The summed E-state index contributed by atoms with van der Waals surface area (Å²) < 4.78 is 8.92. The summed E-state index contributed by atoms with van der Waals surface area (Å²) in [6.45, 7) is 8.02. The third-order valence-electron chi connectivity index (χ3n) is 11.8. The van der Waals surface area contributed by atoms with Gasteiger partial charge >= 0.3 is 5.97 Å². The highest BCUT2D eigenvalue weighted by Gasteiger charge is 2.51. The van der Waals surface area contributed by atoms with Crippen LogP contribution in [0, 0.1) is 37.0 Å². The highest BCUT2D eigenvalue weighted by molar-refractivity contribution is 7.22. The standard InChI is InChI=1S/C39H44N8O2S/c1-4-49-37(48)34-29(30-21-40-47(24(30)3)22-39-18-25-15-26(19-39)17-27(16-25)20-39)12-13-33(42-34)46-14-8-7-9-28-23(2)35(44-45-36(28)46)43-38-41-31-10-5-6-11-32(31)50-38/h5-6,10-13,21,25-27H,4,7-9,14-20,22H2,1-3H3,(H,41,43,44). The van der Waals surface area contributed by atoms with Crippen LogP contribution >= 0.6 is 11.3 Å².